The van der Waals surface area contributed by atoms with Crippen LogP contribution >= 0.6 is 0 Å². The van der Waals surface area contributed by atoms with E-state index >= 15 is 0 Å². The number of carbonyl (C=O) groups is 1. The molecule has 1 aliphatic rings. The van der Waals surface area contributed by atoms with E-state index in [2.05, 4.69) is 39.6 Å². The van der Waals surface area contributed by atoms with Crippen LogP contribution in [0.15, 0.2) is 24.3 Å². The number of hydrogen-bond donors (Lipinski definition) is 3. The molecule has 1 aromatic heterocycles. The van der Waals surface area contributed by atoms with Crippen molar-refractivity contribution in [3.05, 3.63) is 47.0 Å². The van der Waals surface area contributed by atoms with Crippen molar-refractivity contribution >= 4 is 5.91 Å². The molecule has 1 saturated carbocycles. The number of amides is 1. The topological polar surface area (TPSA) is 90.9 Å². The molecule has 3 rings (SSSR count). The second-order valence-corrected chi connectivity index (χ2v) is 7.01. The standard InChI is InChI=1S/C19H26N4O2/c1-12-5-3-4-6-14(12)7-8-18(25)20-11-16-9-15(10-17(16)24)19-21-13(2)22-23-19/h3-6,15-17,24H,7-11H2,1-2H3,(H,20,25)(H,21,22,23)/t15-,16+,17+/m0/s1. The molecule has 0 saturated heterocycles. The second kappa shape index (κ2) is 7.78. The minimum absolute atomic E-state index is 0.0349. The van der Waals surface area contributed by atoms with E-state index < -0.39 is 6.10 Å². The maximum absolute atomic E-state index is 12.1. The fourth-order valence-corrected chi connectivity index (χ4v) is 3.55. The van der Waals surface area contributed by atoms with Crippen LogP contribution in [0.1, 0.15) is 48.0 Å². The number of aliphatic hydroxyl groups excluding tert-OH is 1. The number of rotatable bonds is 6. The normalized spacial score (nSPS) is 22.9. The predicted molar refractivity (Wildman–Crippen MR) is 95.1 cm³/mol. The van der Waals surface area contributed by atoms with Gasteiger partial charge in [-0.15, -0.1) is 0 Å². The van der Waals surface area contributed by atoms with Crippen LogP contribution in [-0.4, -0.2) is 38.8 Å². The summed E-state index contributed by atoms with van der Waals surface area (Å²) in [5, 5.41) is 20.3. The van der Waals surface area contributed by atoms with Crippen LogP contribution in [0.3, 0.4) is 0 Å². The highest BCUT2D eigenvalue weighted by atomic mass is 16.3. The van der Waals surface area contributed by atoms with Gasteiger partial charge in [-0.3, -0.25) is 9.89 Å². The fourth-order valence-electron chi connectivity index (χ4n) is 3.55. The molecule has 0 aliphatic heterocycles. The van der Waals surface area contributed by atoms with Crippen molar-refractivity contribution in [2.75, 3.05) is 6.54 Å². The van der Waals surface area contributed by atoms with E-state index in [0.717, 1.165) is 24.5 Å². The Labute approximate surface area is 148 Å². The molecule has 3 N–H and O–H groups in total. The SMILES string of the molecule is Cc1nc([C@H]2C[C@H](CNC(=O)CCc3ccccc3C)[C@H](O)C2)n[nH]1. The fraction of sp³-hybridized carbons (Fsp3) is 0.526. The zero-order chi connectivity index (χ0) is 17.8. The van der Waals surface area contributed by atoms with Gasteiger partial charge in [-0.25, -0.2) is 4.98 Å². The van der Waals surface area contributed by atoms with E-state index in [1.165, 1.54) is 11.1 Å². The summed E-state index contributed by atoms with van der Waals surface area (Å²) >= 11 is 0. The number of aromatic amines is 1. The Morgan fingerprint density at radius 3 is 2.84 bits per heavy atom. The lowest BCUT2D eigenvalue weighted by Gasteiger charge is -2.15. The van der Waals surface area contributed by atoms with E-state index in [-0.39, 0.29) is 17.7 Å². The summed E-state index contributed by atoms with van der Waals surface area (Å²) in [6, 6.07) is 8.13. The predicted octanol–water partition coefficient (Wildman–Crippen LogP) is 2.03. The minimum atomic E-state index is -0.416. The molecule has 6 heteroatoms. The van der Waals surface area contributed by atoms with Crippen LogP contribution in [-0.2, 0) is 11.2 Å². The van der Waals surface area contributed by atoms with Gasteiger partial charge in [0.05, 0.1) is 6.10 Å². The van der Waals surface area contributed by atoms with Crippen molar-refractivity contribution < 1.29 is 9.90 Å². The molecular formula is C19H26N4O2. The van der Waals surface area contributed by atoms with Crippen LogP contribution in [0.2, 0.25) is 0 Å². The smallest absolute Gasteiger partial charge is 0.220 e. The van der Waals surface area contributed by atoms with Crippen molar-refractivity contribution in [1.29, 1.82) is 0 Å². The Hall–Kier alpha value is -2.21. The van der Waals surface area contributed by atoms with Gasteiger partial charge in [-0.1, -0.05) is 24.3 Å². The number of aryl methyl sites for hydroxylation is 3. The van der Waals surface area contributed by atoms with Crippen LogP contribution in [0.4, 0.5) is 0 Å². The number of aromatic nitrogens is 3. The van der Waals surface area contributed by atoms with Gasteiger partial charge < -0.3 is 10.4 Å². The highest BCUT2D eigenvalue weighted by Gasteiger charge is 2.35. The van der Waals surface area contributed by atoms with Gasteiger partial charge in [-0.2, -0.15) is 5.10 Å². The van der Waals surface area contributed by atoms with Crippen LogP contribution in [0, 0.1) is 19.8 Å². The van der Waals surface area contributed by atoms with Crippen LogP contribution in [0.5, 0.6) is 0 Å². The quantitative estimate of drug-likeness (QED) is 0.749. The highest BCUT2D eigenvalue weighted by Crippen LogP contribution is 2.36. The second-order valence-electron chi connectivity index (χ2n) is 7.01. The highest BCUT2D eigenvalue weighted by molar-refractivity contribution is 5.76. The van der Waals surface area contributed by atoms with Gasteiger partial charge in [0.25, 0.3) is 0 Å². The third kappa shape index (κ3) is 4.45. The third-order valence-electron chi connectivity index (χ3n) is 5.08. The number of aliphatic hydroxyl groups is 1. The van der Waals surface area contributed by atoms with Gasteiger partial charge in [0.2, 0.25) is 5.91 Å². The van der Waals surface area contributed by atoms with Gasteiger partial charge >= 0.3 is 0 Å². The van der Waals surface area contributed by atoms with E-state index in [1.54, 1.807) is 0 Å². The Balaban J connectivity index is 1.45. The maximum Gasteiger partial charge on any atom is 0.220 e. The average Bonchev–Trinajstić information content (AvgIpc) is 3.18. The molecule has 1 amide bonds. The zero-order valence-electron chi connectivity index (χ0n) is 14.8. The molecule has 1 fully saturated rings. The van der Waals surface area contributed by atoms with Gasteiger partial charge in [-0.05, 0) is 44.2 Å². The monoisotopic (exact) mass is 342 g/mol. The number of H-pyrrole nitrogens is 1. The van der Waals surface area contributed by atoms with Crippen molar-refractivity contribution in [3.63, 3.8) is 0 Å². The Bertz CT molecular complexity index is 728. The van der Waals surface area contributed by atoms with Gasteiger partial charge in [0, 0.05) is 24.8 Å². The molecule has 0 bridgehead atoms. The third-order valence-corrected chi connectivity index (χ3v) is 5.08. The molecule has 0 unspecified atom stereocenters. The van der Waals surface area contributed by atoms with E-state index in [4.69, 9.17) is 0 Å². The Kier molecular flexibility index (Phi) is 5.48. The summed E-state index contributed by atoms with van der Waals surface area (Å²) in [6.07, 6.45) is 2.25. The first kappa shape index (κ1) is 17.6. The molecule has 3 atom stereocenters. The van der Waals surface area contributed by atoms with Crippen LogP contribution < -0.4 is 5.32 Å². The van der Waals surface area contributed by atoms with E-state index in [0.29, 0.717) is 19.4 Å². The Morgan fingerprint density at radius 1 is 1.32 bits per heavy atom. The van der Waals surface area contributed by atoms with Crippen LogP contribution in [0.25, 0.3) is 0 Å². The number of hydrogen-bond acceptors (Lipinski definition) is 4. The molecule has 25 heavy (non-hydrogen) atoms. The zero-order valence-corrected chi connectivity index (χ0v) is 14.8. The molecular weight excluding hydrogens is 316 g/mol. The summed E-state index contributed by atoms with van der Waals surface area (Å²) in [7, 11) is 0. The molecule has 1 aromatic carbocycles. The summed E-state index contributed by atoms with van der Waals surface area (Å²) in [4.78, 5) is 16.5. The number of carbonyl (C=O) groups excluding carboxylic acids is 1. The lowest BCUT2D eigenvalue weighted by Crippen LogP contribution is -2.32. The minimum Gasteiger partial charge on any atom is -0.393 e. The molecule has 0 spiro atoms. The lowest BCUT2D eigenvalue weighted by molar-refractivity contribution is -0.121. The molecule has 1 heterocycles. The van der Waals surface area contributed by atoms with Crippen molar-refractivity contribution in [3.8, 4) is 0 Å². The first-order valence-corrected chi connectivity index (χ1v) is 8.91. The molecule has 0 radical (unpaired) electrons. The Morgan fingerprint density at radius 2 is 2.12 bits per heavy atom. The lowest BCUT2D eigenvalue weighted by atomic mass is 10.0. The van der Waals surface area contributed by atoms with E-state index in [1.807, 2.05) is 19.1 Å². The average molecular weight is 342 g/mol. The largest absolute Gasteiger partial charge is 0.393 e. The van der Waals surface area contributed by atoms with Gasteiger partial charge in [0.1, 0.15) is 5.82 Å². The van der Waals surface area contributed by atoms with Crippen molar-refractivity contribution in [2.45, 2.75) is 51.6 Å². The number of benzene rings is 1. The van der Waals surface area contributed by atoms with Gasteiger partial charge in [0.15, 0.2) is 5.82 Å². The summed E-state index contributed by atoms with van der Waals surface area (Å²) in [5.74, 6) is 1.81. The first-order chi connectivity index (χ1) is 12.0. The molecule has 6 nitrogen and oxygen atoms in total. The molecule has 134 valence electrons. The molecule has 2 aromatic rings. The maximum atomic E-state index is 12.1. The van der Waals surface area contributed by atoms with Crippen molar-refractivity contribution in [2.24, 2.45) is 5.92 Å². The van der Waals surface area contributed by atoms with Crippen molar-refractivity contribution in [1.82, 2.24) is 20.5 Å². The first-order valence-electron chi connectivity index (χ1n) is 8.91. The number of nitrogens with one attached hydrogen (secondary N) is 2. The summed E-state index contributed by atoms with van der Waals surface area (Å²) in [6.45, 7) is 4.44. The summed E-state index contributed by atoms with van der Waals surface area (Å²) < 4.78 is 0. The summed E-state index contributed by atoms with van der Waals surface area (Å²) in [5.41, 5.74) is 2.42. The van der Waals surface area contributed by atoms with E-state index in [9.17, 15) is 9.90 Å². The number of nitrogens with zero attached hydrogens (tertiary/aromatic N) is 2. The molecule has 1 aliphatic carbocycles.